The molecule has 25 heavy (non-hydrogen) atoms. The Balaban J connectivity index is 1.64. The second kappa shape index (κ2) is 8.13. The van der Waals surface area contributed by atoms with Gasteiger partial charge >= 0.3 is 0 Å². The molecule has 3 rings (SSSR count). The maximum Gasteiger partial charge on any atom is 0.226 e. The zero-order chi connectivity index (χ0) is 17.8. The van der Waals surface area contributed by atoms with E-state index in [4.69, 9.17) is 21.8 Å². The smallest absolute Gasteiger partial charge is 0.226 e. The normalized spacial score (nSPS) is 22.0. The van der Waals surface area contributed by atoms with E-state index in [9.17, 15) is 4.79 Å². The molecule has 2 N–H and O–H groups in total. The monoisotopic (exact) mass is 361 g/mol. The van der Waals surface area contributed by atoms with Crippen LogP contribution in [0.2, 0.25) is 0 Å². The van der Waals surface area contributed by atoms with Crippen molar-refractivity contribution in [1.29, 1.82) is 0 Å². The number of Topliss-reactive ketones (excluding diaryl/α,β-unsaturated/α-hetero) is 1. The van der Waals surface area contributed by atoms with E-state index >= 15 is 0 Å². The van der Waals surface area contributed by atoms with E-state index < -0.39 is 0 Å². The number of allylic oxidation sites excluding steroid dienone is 6. The highest BCUT2D eigenvalue weighted by Crippen LogP contribution is 2.24. The van der Waals surface area contributed by atoms with Gasteiger partial charge in [0.1, 0.15) is 11.5 Å². The molecule has 0 radical (unpaired) electrons. The highest BCUT2D eigenvalue weighted by atomic mass is 35.5. The van der Waals surface area contributed by atoms with Crippen LogP contribution in [0.15, 0.2) is 34.8 Å². The Bertz CT molecular complexity index is 712. The maximum absolute atomic E-state index is 11.7. The Morgan fingerprint density at radius 3 is 2.88 bits per heavy atom. The summed E-state index contributed by atoms with van der Waals surface area (Å²) in [6, 6.07) is 0. The van der Waals surface area contributed by atoms with Crippen molar-refractivity contribution in [2.45, 2.75) is 31.7 Å². The number of halogens is 1. The lowest BCUT2D eigenvalue weighted by Crippen LogP contribution is -2.37. The summed E-state index contributed by atoms with van der Waals surface area (Å²) in [6.45, 7) is 4.60. The van der Waals surface area contributed by atoms with Crippen LogP contribution >= 0.6 is 11.6 Å². The molecule has 0 amide bonds. The number of ketones is 1. The molecule has 134 valence electrons. The van der Waals surface area contributed by atoms with Crippen LogP contribution in [0.4, 0.5) is 0 Å². The van der Waals surface area contributed by atoms with Gasteiger partial charge in [0.15, 0.2) is 0 Å². The Morgan fingerprint density at radius 2 is 2.16 bits per heavy atom. The zero-order valence-electron chi connectivity index (χ0n) is 14.5. The van der Waals surface area contributed by atoms with Crippen LogP contribution < -0.4 is 5.73 Å². The van der Waals surface area contributed by atoms with Crippen molar-refractivity contribution in [3.63, 3.8) is 0 Å². The number of hydrogen-bond acceptors (Lipinski definition) is 5. The van der Waals surface area contributed by atoms with Crippen LogP contribution in [0.1, 0.15) is 30.2 Å². The fourth-order valence-electron chi connectivity index (χ4n) is 3.21. The van der Waals surface area contributed by atoms with Gasteiger partial charge in [-0.15, -0.1) is 11.6 Å². The molecule has 1 unspecified atom stereocenters. The minimum absolute atomic E-state index is 0.109. The van der Waals surface area contributed by atoms with Crippen molar-refractivity contribution in [1.82, 2.24) is 9.88 Å². The van der Waals surface area contributed by atoms with E-state index in [1.807, 2.05) is 37.3 Å². The number of oxazole rings is 1. The Labute approximate surface area is 153 Å². The molecule has 1 aliphatic heterocycles. The third kappa shape index (κ3) is 4.48. The number of aromatic nitrogens is 1. The number of aryl methyl sites for hydroxylation is 1. The van der Waals surface area contributed by atoms with Crippen LogP contribution in [-0.4, -0.2) is 40.7 Å². The molecule has 2 heterocycles. The van der Waals surface area contributed by atoms with Crippen molar-refractivity contribution in [3.8, 4) is 0 Å². The molecule has 1 aliphatic carbocycles. The summed E-state index contributed by atoms with van der Waals surface area (Å²) in [7, 11) is 0. The van der Waals surface area contributed by atoms with E-state index in [1.54, 1.807) is 0 Å². The third-order valence-electron chi connectivity index (χ3n) is 4.79. The molecule has 1 fully saturated rings. The third-order valence-corrected chi connectivity index (χ3v) is 5.08. The standard InChI is InChI=1S/C19H24ClN3O2/c1-13-17(12-23-9-7-14(8-10-23)18(24)11-21)22-19(25-13)15-3-2-4-16(20)6-5-15/h2-6,14,16H,7-12,21H2,1H3. The molecule has 1 aromatic rings. The van der Waals surface area contributed by atoms with Gasteiger partial charge in [0, 0.05) is 18.0 Å². The first kappa shape index (κ1) is 18.1. The molecule has 5 nitrogen and oxygen atoms in total. The number of piperidine rings is 1. The number of likely N-dealkylation sites (tertiary alicyclic amines) is 1. The average Bonchev–Trinajstić information content (AvgIpc) is 2.83. The lowest BCUT2D eigenvalue weighted by molar-refractivity contribution is -0.122. The first-order chi connectivity index (χ1) is 12.1. The van der Waals surface area contributed by atoms with Crippen molar-refractivity contribution in [3.05, 3.63) is 47.7 Å². The molecule has 1 saturated heterocycles. The Morgan fingerprint density at radius 1 is 1.40 bits per heavy atom. The fourth-order valence-corrected chi connectivity index (χ4v) is 3.37. The fraction of sp³-hybridized carbons (Fsp3) is 0.474. The Hall–Kier alpha value is -1.69. The molecule has 0 aromatic carbocycles. The number of nitrogens with two attached hydrogens (primary N) is 1. The van der Waals surface area contributed by atoms with Crippen LogP contribution in [0, 0.1) is 12.8 Å². The van der Waals surface area contributed by atoms with Gasteiger partial charge in [-0.2, -0.15) is 0 Å². The number of hydrogen-bond donors (Lipinski definition) is 1. The van der Waals surface area contributed by atoms with Crippen LogP contribution in [0.25, 0.3) is 5.57 Å². The molecular weight excluding hydrogens is 338 g/mol. The number of nitrogens with zero attached hydrogens (tertiary/aromatic N) is 2. The molecule has 6 heteroatoms. The van der Waals surface area contributed by atoms with Gasteiger partial charge in [-0.1, -0.05) is 24.3 Å². The van der Waals surface area contributed by atoms with Crippen LogP contribution in [0.5, 0.6) is 0 Å². The molecule has 1 aromatic heterocycles. The summed E-state index contributed by atoms with van der Waals surface area (Å²) >= 11 is 6.09. The van der Waals surface area contributed by atoms with Gasteiger partial charge in [0.2, 0.25) is 5.89 Å². The molecular formula is C19H24ClN3O2. The summed E-state index contributed by atoms with van der Waals surface area (Å²) < 4.78 is 5.86. The summed E-state index contributed by atoms with van der Waals surface area (Å²) in [5, 5.41) is -0.109. The maximum atomic E-state index is 11.7. The second-order valence-electron chi connectivity index (χ2n) is 6.55. The molecule has 1 atom stereocenters. The molecule has 0 saturated carbocycles. The van der Waals surface area contributed by atoms with E-state index in [1.165, 1.54) is 0 Å². The topological polar surface area (TPSA) is 72.4 Å². The lowest BCUT2D eigenvalue weighted by Gasteiger charge is -2.30. The van der Waals surface area contributed by atoms with Gasteiger partial charge in [0.25, 0.3) is 0 Å². The van der Waals surface area contributed by atoms with Crippen LogP contribution in [0.3, 0.4) is 0 Å². The highest BCUT2D eigenvalue weighted by molar-refractivity contribution is 6.23. The van der Waals surface area contributed by atoms with Crippen molar-refractivity contribution >= 4 is 23.0 Å². The van der Waals surface area contributed by atoms with Gasteiger partial charge in [0.05, 0.1) is 17.6 Å². The SMILES string of the molecule is Cc1oc(C2=CC=CC(Cl)C=C2)nc1CN1CCC(C(=O)CN)CC1. The summed E-state index contributed by atoms with van der Waals surface area (Å²) in [5.41, 5.74) is 7.33. The van der Waals surface area contributed by atoms with E-state index in [0.717, 1.165) is 49.5 Å². The number of rotatable bonds is 5. The minimum atomic E-state index is -0.109. The van der Waals surface area contributed by atoms with Gasteiger partial charge in [-0.25, -0.2) is 4.98 Å². The zero-order valence-corrected chi connectivity index (χ0v) is 15.2. The second-order valence-corrected chi connectivity index (χ2v) is 7.06. The van der Waals surface area contributed by atoms with E-state index in [0.29, 0.717) is 5.89 Å². The van der Waals surface area contributed by atoms with Crippen molar-refractivity contribution < 1.29 is 9.21 Å². The highest BCUT2D eigenvalue weighted by Gasteiger charge is 2.25. The van der Waals surface area contributed by atoms with E-state index in [-0.39, 0.29) is 23.6 Å². The Kier molecular flexibility index (Phi) is 5.89. The predicted molar refractivity (Wildman–Crippen MR) is 99.2 cm³/mol. The number of alkyl halides is 1. The number of carbonyl (C=O) groups is 1. The molecule has 2 aliphatic rings. The molecule has 0 spiro atoms. The van der Waals surface area contributed by atoms with Crippen molar-refractivity contribution in [2.75, 3.05) is 19.6 Å². The first-order valence-electron chi connectivity index (χ1n) is 8.69. The van der Waals surface area contributed by atoms with Gasteiger partial charge in [-0.3, -0.25) is 9.69 Å². The first-order valence-corrected chi connectivity index (χ1v) is 9.13. The summed E-state index contributed by atoms with van der Waals surface area (Å²) in [6.07, 6.45) is 11.4. The predicted octanol–water partition coefficient (Wildman–Crippen LogP) is 2.84. The summed E-state index contributed by atoms with van der Waals surface area (Å²) in [5.74, 6) is 1.75. The van der Waals surface area contributed by atoms with Gasteiger partial charge < -0.3 is 10.2 Å². The lowest BCUT2D eigenvalue weighted by atomic mass is 9.92. The largest absolute Gasteiger partial charge is 0.441 e. The average molecular weight is 362 g/mol. The van der Waals surface area contributed by atoms with Crippen LogP contribution in [-0.2, 0) is 11.3 Å². The quantitative estimate of drug-likeness (QED) is 0.816. The molecule has 0 bridgehead atoms. The van der Waals surface area contributed by atoms with E-state index in [2.05, 4.69) is 9.88 Å². The number of carbonyl (C=O) groups excluding carboxylic acids is 1. The summed E-state index contributed by atoms with van der Waals surface area (Å²) in [4.78, 5) is 18.7. The van der Waals surface area contributed by atoms with Gasteiger partial charge in [-0.05, 0) is 38.9 Å². The van der Waals surface area contributed by atoms with Crippen molar-refractivity contribution in [2.24, 2.45) is 11.7 Å². The minimum Gasteiger partial charge on any atom is -0.441 e.